The van der Waals surface area contributed by atoms with Crippen molar-refractivity contribution in [2.45, 2.75) is 6.61 Å². The zero-order valence-corrected chi connectivity index (χ0v) is 21.8. The van der Waals surface area contributed by atoms with Crippen molar-refractivity contribution in [3.05, 3.63) is 101 Å². The standard InChI is InChI=1S/C23H13Br2ClINO3/c24-17-9-14(10-18(25)21(17)30-12-13-5-7-15(27)8-6-13)11-20-23(29)31-22(28-20)16-3-1-2-4-19(16)26/h1-11H,12H2/b20-11-. The van der Waals surface area contributed by atoms with Gasteiger partial charge in [-0.3, -0.25) is 0 Å². The van der Waals surface area contributed by atoms with Gasteiger partial charge < -0.3 is 9.47 Å². The van der Waals surface area contributed by atoms with Gasteiger partial charge in [0.05, 0.1) is 19.5 Å². The van der Waals surface area contributed by atoms with Gasteiger partial charge in [0.2, 0.25) is 5.90 Å². The first kappa shape index (κ1) is 22.5. The highest BCUT2D eigenvalue weighted by molar-refractivity contribution is 14.1. The zero-order chi connectivity index (χ0) is 22.0. The molecule has 0 saturated carbocycles. The molecule has 0 aromatic heterocycles. The maximum Gasteiger partial charge on any atom is 0.363 e. The van der Waals surface area contributed by atoms with Crippen LogP contribution in [0.4, 0.5) is 0 Å². The fraction of sp³-hybridized carbons (Fsp3) is 0.0435. The summed E-state index contributed by atoms with van der Waals surface area (Å²) < 4.78 is 14.0. The maximum atomic E-state index is 12.3. The number of hydrogen-bond donors (Lipinski definition) is 0. The van der Waals surface area contributed by atoms with E-state index in [0.29, 0.717) is 22.9 Å². The number of hydrogen-bond acceptors (Lipinski definition) is 4. The smallest absolute Gasteiger partial charge is 0.363 e. The van der Waals surface area contributed by atoms with Gasteiger partial charge in [-0.1, -0.05) is 35.9 Å². The van der Waals surface area contributed by atoms with Crippen molar-refractivity contribution < 1.29 is 14.3 Å². The molecule has 4 nitrogen and oxygen atoms in total. The lowest BCUT2D eigenvalue weighted by atomic mass is 10.2. The van der Waals surface area contributed by atoms with E-state index in [9.17, 15) is 4.79 Å². The lowest BCUT2D eigenvalue weighted by molar-refractivity contribution is -0.129. The Morgan fingerprint density at radius 3 is 2.42 bits per heavy atom. The molecule has 0 amide bonds. The van der Waals surface area contributed by atoms with Crippen molar-refractivity contribution in [2.75, 3.05) is 0 Å². The van der Waals surface area contributed by atoms with E-state index >= 15 is 0 Å². The van der Waals surface area contributed by atoms with Crippen molar-refractivity contribution in [1.29, 1.82) is 0 Å². The van der Waals surface area contributed by atoms with E-state index in [1.165, 1.54) is 3.57 Å². The van der Waals surface area contributed by atoms with E-state index in [2.05, 4.69) is 59.4 Å². The molecule has 4 rings (SSSR count). The van der Waals surface area contributed by atoms with Crippen LogP contribution in [0.15, 0.2) is 80.3 Å². The molecule has 0 aliphatic carbocycles. The molecule has 1 heterocycles. The molecule has 156 valence electrons. The lowest BCUT2D eigenvalue weighted by Crippen LogP contribution is -2.05. The quantitative estimate of drug-likeness (QED) is 0.161. The molecule has 0 saturated heterocycles. The van der Waals surface area contributed by atoms with Gasteiger partial charge >= 0.3 is 5.97 Å². The Hall–Kier alpha value is -1.68. The Morgan fingerprint density at radius 1 is 1.06 bits per heavy atom. The van der Waals surface area contributed by atoms with Gasteiger partial charge in [-0.05, 0) is 108 Å². The summed E-state index contributed by atoms with van der Waals surface area (Å²) in [5.41, 5.74) is 2.60. The van der Waals surface area contributed by atoms with Crippen LogP contribution in [0.5, 0.6) is 5.75 Å². The van der Waals surface area contributed by atoms with Gasteiger partial charge in [0.15, 0.2) is 5.70 Å². The molecule has 1 aliphatic rings. The van der Waals surface area contributed by atoms with E-state index in [1.807, 2.05) is 42.5 Å². The topological polar surface area (TPSA) is 47.9 Å². The Morgan fingerprint density at radius 2 is 1.74 bits per heavy atom. The number of ether oxygens (including phenoxy) is 2. The van der Waals surface area contributed by atoms with Crippen LogP contribution in [-0.4, -0.2) is 11.9 Å². The number of halogens is 4. The third kappa shape index (κ3) is 5.39. The van der Waals surface area contributed by atoms with E-state index in [-0.39, 0.29) is 11.6 Å². The third-order valence-corrected chi connectivity index (χ3v) is 6.57. The highest BCUT2D eigenvalue weighted by atomic mass is 127. The number of carbonyl (C=O) groups is 1. The predicted molar refractivity (Wildman–Crippen MR) is 137 cm³/mol. The SMILES string of the molecule is O=C1OC(c2ccccc2Cl)=N/C1=C\c1cc(Br)c(OCc2ccc(I)cc2)c(Br)c1. The second kappa shape index (κ2) is 9.85. The van der Waals surface area contributed by atoms with Crippen LogP contribution in [0.2, 0.25) is 5.02 Å². The number of nitrogens with zero attached hydrogens (tertiary/aromatic N) is 1. The van der Waals surface area contributed by atoms with Gasteiger partial charge in [-0.15, -0.1) is 0 Å². The van der Waals surface area contributed by atoms with E-state index in [4.69, 9.17) is 21.1 Å². The van der Waals surface area contributed by atoms with Gasteiger partial charge in [0, 0.05) is 3.57 Å². The summed E-state index contributed by atoms with van der Waals surface area (Å²) in [5.74, 6) is 0.341. The average molecular weight is 674 g/mol. The van der Waals surface area contributed by atoms with Gasteiger partial charge in [-0.25, -0.2) is 9.79 Å². The monoisotopic (exact) mass is 671 g/mol. The van der Waals surface area contributed by atoms with Crippen molar-refractivity contribution >= 4 is 84.0 Å². The Balaban J connectivity index is 1.56. The van der Waals surface area contributed by atoms with Crippen molar-refractivity contribution in [3.8, 4) is 5.75 Å². The second-order valence-corrected chi connectivity index (χ2v) is 9.91. The fourth-order valence-corrected chi connectivity index (χ4v) is 4.88. The summed E-state index contributed by atoms with van der Waals surface area (Å²) in [5, 5.41) is 0.468. The van der Waals surface area contributed by atoms with E-state index in [1.54, 1.807) is 24.3 Å². The van der Waals surface area contributed by atoms with Crippen LogP contribution in [0, 0.1) is 3.57 Å². The van der Waals surface area contributed by atoms with Crippen LogP contribution in [0.1, 0.15) is 16.7 Å². The minimum Gasteiger partial charge on any atom is -0.487 e. The third-order valence-electron chi connectivity index (χ3n) is 4.35. The molecular weight excluding hydrogens is 660 g/mol. The molecule has 0 N–H and O–H groups in total. The van der Waals surface area contributed by atoms with Crippen molar-refractivity contribution in [2.24, 2.45) is 4.99 Å². The minimum absolute atomic E-state index is 0.192. The molecule has 31 heavy (non-hydrogen) atoms. The molecule has 0 fully saturated rings. The van der Waals surface area contributed by atoms with Crippen LogP contribution in [-0.2, 0) is 16.1 Å². The number of rotatable bonds is 5. The van der Waals surface area contributed by atoms with Crippen LogP contribution < -0.4 is 4.74 Å². The van der Waals surface area contributed by atoms with Gasteiger partial charge in [-0.2, -0.15) is 0 Å². The molecule has 1 aliphatic heterocycles. The Kier molecular flexibility index (Phi) is 7.15. The number of cyclic esters (lactones) is 1. The summed E-state index contributed by atoms with van der Waals surface area (Å²) in [6.07, 6.45) is 1.66. The molecular formula is C23H13Br2ClINO3. The fourth-order valence-electron chi connectivity index (χ4n) is 2.85. The lowest BCUT2D eigenvalue weighted by Gasteiger charge is -2.11. The van der Waals surface area contributed by atoms with Crippen LogP contribution >= 0.6 is 66.1 Å². The first-order valence-electron chi connectivity index (χ1n) is 9.04. The maximum absolute atomic E-state index is 12.3. The normalized spacial score (nSPS) is 14.5. The van der Waals surface area contributed by atoms with Crippen molar-refractivity contribution in [1.82, 2.24) is 0 Å². The second-order valence-electron chi connectivity index (χ2n) is 6.54. The highest BCUT2D eigenvalue weighted by Crippen LogP contribution is 2.36. The predicted octanol–water partition coefficient (Wildman–Crippen LogP) is 7.39. The number of aliphatic imine (C=N–C) groups is 1. The number of benzene rings is 3. The van der Waals surface area contributed by atoms with Crippen molar-refractivity contribution in [3.63, 3.8) is 0 Å². The molecule has 0 unspecified atom stereocenters. The molecule has 0 radical (unpaired) electrons. The Labute approximate surface area is 214 Å². The molecule has 8 heteroatoms. The zero-order valence-electron chi connectivity index (χ0n) is 15.7. The van der Waals surface area contributed by atoms with Crippen LogP contribution in [0.3, 0.4) is 0 Å². The largest absolute Gasteiger partial charge is 0.487 e. The Bertz CT molecular complexity index is 1200. The van der Waals surface area contributed by atoms with Gasteiger partial charge in [0.25, 0.3) is 0 Å². The molecule has 0 spiro atoms. The minimum atomic E-state index is -0.527. The molecule has 3 aromatic carbocycles. The summed E-state index contributed by atoms with van der Waals surface area (Å²) in [6, 6.07) is 18.9. The average Bonchev–Trinajstić information content (AvgIpc) is 3.09. The van der Waals surface area contributed by atoms with Gasteiger partial charge in [0.1, 0.15) is 12.4 Å². The summed E-state index contributed by atoms with van der Waals surface area (Å²) >= 11 is 15.6. The number of carbonyl (C=O) groups excluding carboxylic acids is 1. The van der Waals surface area contributed by atoms with E-state index < -0.39 is 5.97 Å². The summed E-state index contributed by atoms with van der Waals surface area (Å²) in [7, 11) is 0. The number of esters is 1. The van der Waals surface area contributed by atoms with Crippen LogP contribution in [0.25, 0.3) is 6.08 Å². The first-order chi connectivity index (χ1) is 14.9. The molecule has 0 bridgehead atoms. The highest BCUT2D eigenvalue weighted by Gasteiger charge is 2.25. The van der Waals surface area contributed by atoms with E-state index in [0.717, 1.165) is 20.1 Å². The summed E-state index contributed by atoms with van der Waals surface area (Å²) in [4.78, 5) is 16.6. The molecule has 3 aromatic rings. The first-order valence-corrected chi connectivity index (χ1v) is 12.1. The summed E-state index contributed by atoms with van der Waals surface area (Å²) in [6.45, 7) is 0.437. The molecule has 0 atom stereocenters.